The topological polar surface area (TPSA) is 24.5 Å². The van der Waals surface area contributed by atoms with Crippen LogP contribution < -0.4 is 5.32 Å². The molecule has 1 aliphatic carbocycles. The Morgan fingerprint density at radius 3 is 2.69 bits per heavy atom. The van der Waals surface area contributed by atoms with E-state index in [1.54, 1.807) is 0 Å². The SMILES string of the molecule is CC(NC1CCCCC1)C1CN(C)CCO1. The molecule has 2 aliphatic rings. The Bertz CT molecular complexity index is 204. The molecule has 0 bridgehead atoms. The molecule has 0 radical (unpaired) electrons. The number of likely N-dealkylation sites (N-methyl/N-ethyl adjacent to an activating group) is 1. The van der Waals surface area contributed by atoms with Crippen LogP contribution in [0.3, 0.4) is 0 Å². The van der Waals surface area contributed by atoms with Gasteiger partial charge in [-0.1, -0.05) is 19.3 Å². The first-order valence-electron chi connectivity index (χ1n) is 6.82. The average Bonchev–Trinajstić information content (AvgIpc) is 2.30. The minimum Gasteiger partial charge on any atom is -0.374 e. The number of nitrogens with zero attached hydrogens (tertiary/aromatic N) is 1. The molecule has 2 atom stereocenters. The number of hydrogen-bond acceptors (Lipinski definition) is 3. The predicted molar refractivity (Wildman–Crippen MR) is 66.7 cm³/mol. The van der Waals surface area contributed by atoms with Gasteiger partial charge in [0, 0.05) is 25.2 Å². The van der Waals surface area contributed by atoms with Crippen molar-refractivity contribution >= 4 is 0 Å². The molecule has 1 heterocycles. The number of nitrogens with one attached hydrogen (secondary N) is 1. The Labute approximate surface area is 99.5 Å². The summed E-state index contributed by atoms with van der Waals surface area (Å²) in [7, 11) is 2.18. The summed E-state index contributed by atoms with van der Waals surface area (Å²) < 4.78 is 5.85. The van der Waals surface area contributed by atoms with Crippen molar-refractivity contribution in [3.63, 3.8) is 0 Å². The van der Waals surface area contributed by atoms with Crippen LogP contribution in [0.4, 0.5) is 0 Å². The fourth-order valence-electron chi connectivity index (χ4n) is 2.86. The summed E-state index contributed by atoms with van der Waals surface area (Å²) in [4.78, 5) is 2.37. The lowest BCUT2D eigenvalue weighted by Gasteiger charge is -2.36. The van der Waals surface area contributed by atoms with E-state index in [4.69, 9.17) is 4.74 Å². The molecule has 1 aliphatic heterocycles. The van der Waals surface area contributed by atoms with Crippen molar-refractivity contribution in [3.05, 3.63) is 0 Å². The number of morpholine rings is 1. The Kier molecular flexibility index (Phi) is 4.62. The summed E-state index contributed by atoms with van der Waals surface area (Å²) in [5.74, 6) is 0. The lowest BCUT2D eigenvalue weighted by molar-refractivity contribution is -0.0377. The largest absolute Gasteiger partial charge is 0.374 e. The lowest BCUT2D eigenvalue weighted by atomic mass is 9.94. The zero-order valence-corrected chi connectivity index (χ0v) is 10.7. The number of ether oxygens (including phenoxy) is 1. The Morgan fingerprint density at radius 1 is 1.25 bits per heavy atom. The molecule has 2 unspecified atom stereocenters. The van der Waals surface area contributed by atoms with E-state index in [1.807, 2.05) is 0 Å². The molecular formula is C13H26N2O. The van der Waals surface area contributed by atoms with Crippen LogP contribution in [0, 0.1) is 0 Å². The maximum atomic E-state index is 5.85. The summed E-state index contributed by atoms with van der Waals surface area (Å²) in [5, 5.41) is 3.76. The fraction of sp³-hybridized carbons (Fsp3) is 1.00. The van der Waals surface area contributed by atoms with Crippen molar-refractivity contribution in [1.29, 1.82) is 0 Å². The highest BCUT2D eigenvalue weighted by Crippen LogP contribution is 2.19. The molecule has 0 aromatic rings. The molecule has 0 aromatic carbocycles. The van der Waals surface area contributed by atoms with Crippen molar-refractivity contribution in [2.75, 3.05) is 26.7 Å². The predicted octanol–water partition coefficient (Wildman–Crippen LogP) is 1.63. The molecule has 94 valence electrons. The smallest absolute Gasteiger partial charge is 0.0852 e. The molecule has 0 spiro atoms. The first-order chi connectivity index (χ1) is 7.75. The molecule has 16 heavy (non-hydrogen) atoms. The van der Waals surface area contributed by atoms with Gasteiger partial charge in [-0.25, -0.2) is 0 Å². The molecule has 3 heteroatoms. The Hall–Kier alpha value is -0.120. The summed E-state index contributed by atoms with van der Waals surface area (Å²) in [5.41, 5.74) is 0. The highest BCUT2D eigenvalue weighted by Gasteiger charge is 2.25. The van der Waals surface area contributed by atoms with Gasteiger partial charge in [-0.3, -0.25) is 0 Å². The second-order valence-electron chi connectivity index (χ2n) is 5.46. The third kappa shape index (κ3) is 3.44. The van der Waals surface area contributed by atoms with E-state index >= 15 is 0 Å². The van der Waals surface area contributed by atoms with Gasteiger partial charge in [0.15, 0.2) is 0 Å². The van der Waals surface area contributed by atoms with Crippen LogP contribution in [0.2, 0.25) is 0 Å². The maximum Gasteiger partial charge on any atom is 0.0852 e. The minimum absolute atomic E-state index is 0.376. The number of rotatable bonds is 3. The van der Waals surface area contributed by atoms with Gasteiger partial charge < -0.3 is 15.0 Å². The molecular weight excluding hydrogens is 200 g/mol. The van der Waals surface area contributed by atoms with E-state index in [2.05, 4.69) is 24.2 Å². The van der Waals surface area contributed by atoms with Gasteiger partial charge >= 0.3 is 0 Å². The summed E-state index contributed by atoms with van der Waals surface area (Å²) >= 11 is 0. The van der Waals surface area contributed by atoms with Crippen LogP contribution in [-0.2, 0) is 4.74 Å². The zero-order valence-electron chi connectivity index (χ0n) is 10.7. The fourth-order valence-corrected chi connectivity index (χ4v) is 2.86. The molecule has 1 saturated carbocycles. The van der Waals surface area contributed by atoms with Crippen LogP contribution in [0.5, 0.6) is 0 Å². The van der Waals surface area contributed by atoms with Crippen molar-refractivity contribution in [1.82, 2.24) is 10.2 Å². The van der Waals surface area contributed by atoms with Crippen molar-refractivity contribution in [2.24, 2.45) is 0 Å². The highest BCUT2D eigenvalue weighted by molar-refractivity contribution is 4.83. The molecule has 2 fully saturated rings. The van der Waals surface area contributed by atoms with Gasteiger partial charge in [0.25, 0.3) is 0 Å². The summed E-state index contributed by atoms with van der Waals surface area (Å²) in [6, 6.07) is 1.23. The molecule has 3 nitrogen and oxygen atoms in total. The van der Waals surface area contributed by atoms with Gasteiger partial charge in [0.1, 0.15) is 0 Å². The van der Waals surface area contributed by atoms with Gasteiger partial charge in [-0.15, -0.1) is 0 Å². The van der Waals surface area contributed by atoms with Crippen LogP contribution in [0.1, 0.15) is 39.0 Å². The Balaban J connectivity index is 1.75. The molecule has 1 saturated heterocycles. The quantitative estimate of drug-likeness (QED) is 0.791. The second kappa shape index (κ2) is 5.99. The third-order valence-corrected chi connectivity index (χ3v) is 3.96. The summed E-state index contributed by atoms with van der Waals surface area (Å²) in [6.45, 7) is 5.31. The van der Waals surface area contributed by atoms with Crippen LogP contribution in [-0.4, -0.2) is 49.8 Å². The van der Waals surface area contributed by atoms with E-state index in [0.717, 1.165) is 25.7 Å². The van der Waals surface area contributed by atoms with E-state index in [1.165, 1.54) is 32.1 Å². The summed E-state index contributed by atoms with van der Waals surface area (Å²) in [6.07, 6.45) is 7.31. The first kappa shape index (κ1) is 12.3. The zero-order chi connectivity index (χ0) is 11.4. The van der Waals surface area contributed by atoms with Crippen LogP contribution >= 0.6 is 0 Å². The van der Waals surface area contributed by atoms with E-state index in [0.29, 0.717) is 12.1 Å². The van der Waals surface area contributed by atoms with E-state index < -0.39 is 0 Å². The van der Waals surface area contributed by atoms with E-state index in [9.17, 15) is 0 Å². The lowest BCUT2D eigenvalue weighted by Crippen LogP contribution is -2.52. The van der Waals surface area contributed by atoms with Crippen molar-refractivity contribution < 1.29 is 4.74 Å². The van der Waals surface area contributed by atoms with Gasteiger partial charge in [0.2, 0.25) is 0 Å². The molecule has 0 aromatic heterocycles. The minimum atomic E-state index is 0.376. The first-order valence-corrected chi connectivity index (χ1v) is 6.82. The van der Waals surface area contributed by atoms with Crippen LogP contribution in [0.25, 0.3) is 0 Å². The van der Waals surface area contributed by atoms with Gasteiger partial charge in [-0.2, -0.15) is 0 Å². The standard InChI is InChI=1S/C13H26N2O/c1-11(13-10-15(2)8-9-16-13)14-12-6-4-3-5-7-12/h11-14H,3-10H2,1-2H3. The third-order valence-electron chi connectivity index (χ3n) is 3.96. The monoisotopic (exact) mass is 226 g/mol. The van der Waals surface area contributed by atoms with Gasteiger partial charge in [-0.05, 0) is 26.8 Å². The molecule has 2 rings (SSSR count). The molecule has 1 N–H and O–H groups in total. The van der Waals surface area contributed by atoms with Crippen LogP contribution in [0.15, 0.2) is 0 Å². The van der Waals surface area contributed by atoms with Gasteiger partial charge in [0.05, 0.1) is 12.7 Å². The van der Waals surface area contributed by atoms with Crippen molar-refractivity contribution in [3.8, 4) is 0 Å². The Morgan fingerprint density at radius 2 is 2.00 bits per heavy atom. The normalized spacial score (nSPS) is 31.5. The maximum absolute atomic E-state index is 5.85. The second-order valence-corrected chi connectivity index (χ2v) is 5.46. The van der Waals surface area contributed by atoms with Crippen molar-refractivity contribution in [2.45, 2.75) is 57.2 Å². The number of hydrogen-bond donors (Lipinski definition) is 1. The molecule has 0 amide bonds. The van der Waals surface area contributed by atoms with E-state index in [-0.39, 0.29) is 0 Å². The highest BCUT2D eigenvalue weighted by atomic mass is 16.5. The average molecular weight is 226 g/mol.